The quantitative estimate of drug-likeness (QED) is 0.480. The van der Waals surface area contributed by atoms with E-state index in [4.69, 9.17) is 22.2 Å². The van der Waals surface area contributed by atoms with Crippen molar-refractivity contribution in [1.29, 1.82) is 0 Å². The number of nitrogens with two attached hydrogens (primary N) is 1. The third kappa shape index (κ3) is 3.73. The zero-order valence-electron chi connectivity index (χ0n) is 14.3. The summed E-state index contributed by atoms with van der Waals surface area (Å²) >= 11 is 6.36. The second-order valence-electron chi connectivity index (χ2n) is 5.81. The average Bonchev–Trinajstić information content (AvgIpc) is 2.67. The van der Waals surface area contributed by atoms with E-state index in [9.17, 15) is 4.39 Å². The summed E-state index contributed by atoms with van der Waals surface area (Å²) in [5.74, 6) is -0.531. The van der Waals surface area contributed by atoms with Gasteiger partial charge in [0.25, 0.3) is 0 Å². The van der Waals surface area contributed by atoms with E-state index >= 15 is 0 Å². The molecule has 134 valence electrons. The highest BCUT2D eigenvalue weighted by Gasteiger charge is 2.18. The Bertz CT molecular complexity index is 886. The summed E-state index contributed by atoms with van der Waals surface area (Å²) in [4.78, 5) is 9.45. The normalized spacial score (nSPS) is 12.0. The monoisotopic (exact) mass is 371 g/mol. The van der Waals surface area contributed by atoms with Crippen molar-refractivity contribution in [3.63, 3.8) is 0 Å². The molecule has 0 aliphatic rings. The van der Waals surface area contributed by atoms with Gasteiger partial charge in [-0.2, -0.15) is 4.89 Å². The molecule has 0 saturated heterocycles. The topological polar surface area (TPSA) is 44.5 Å². The van der Waals surface area contributed by atoms with Gasteiger partial charge in [0.05, 0.1) is 7.11 Å². The summed E-state index contributed by atoms with van der Waals surface area (Å²) in [5.41, 5.74) is 9.00. The predicted molar refractivity (Wildman–Crippen MR) is 102 cm³/mol. The zero-order valence-corrected chi connectivity index (χ0v) is 15.0. The molecule has 26 heavy (non-hydrogen) atoms. The van der Waals surface area contributed by atoms with E-state index in [1.54, 1.807) is 18.2 Å². The lowest BCUT2D eigenvalue weighted by molar-refractivity contribution is -0.180. The summed E-state index contributed by atoms with van der Waals surface area (Å²) in [5, 5.41) is 0.450. The van der Waals surface area contributed by atoms with Crippen LogP contribution in [0.25, 0.3) is 11.1 Å². The molecule has 1 atom stereocenters. The van der Waals surface area contributed by atoms with Crippen molar-refractivity contribution in [2.24, 2.45) is 5.73 Å². The van der Waals surface area contributed by atoms with Gasteiger partial charge < -0.3 is 10.6 Å². The van der Waals surface area contributed by atoms with Crippen LogP contribution in [0.3, 0.4) is 0 Å². The third-order valence-electron chi connectivity index (χ3n) is 4.26. The van der Waals surface area contributed by atoms with Crippen LogP contribution >= 0.6 is 11.6 Å². The molecular formula is C21H19ClFNO2. The van der Waals surface area contributed by atoms with Crippen molar-refractivity contribution in [2.75, 3.05) is 13.7 Å². The van der Waals surface area contributed by atoms with Gasteiger partial charge in [-0.1, -0.05) is 60.1 Å². The maximum Gasteiger partial charge on any atom is 0.201 e. The highest BCUT2D eigenvalue weighted by molar-refractivity contribution is 6.33. The van der Waals surface area contributed by atoms with Gasteiger partial charge in [0.15, 0.2) is 5.82 Å². The molecule has 0 aliphatic heterocycles. The van der Waals surface area contributed by atoms with Crippen molar-refractivity contribution in [3.05, 3.63) is 88.7 Å². The minimum absolute atomic E-state index is 0.00454. The van der Waals surface area contributed by atoms with Crippen molar-refractivity contribution in [2.45, 2.75) is 5.92 Å². The fourth-order valence-electron chi connectivity index (χ4n) is 2.99. The summed E-state index contributed by atoms with van der Waals surface area (Å²) in [6.45, 7) is 0.431. The lowest BCUT2D eigenvalue weighted by Crippen LogP contribution is -2.13. The maximum atomic E-state index is 14.8. The van der Waals surface area contributed by atoms with E-state index in [2.05, 4.69) is 4.89 Å². The molecular weight excluding hydrogens is 353 g/mol. The zero-order chi connectivity index (χ0) is 18.5. The number of benzene rings is 3. The molecule has 0 amide bonds. The Balaban J connectivity index is 2.08. The van der Waals surface area contributed by atoms with Gasteiger partial charge in [-0.3, -0.25) is 0 Å². The molecule has 0 radical (unpaired) electrons. The lowest BCUT2D eigenvalue weighted by atomic mass is 9.89. The minimum atomic E-state index is -0.530. The molecule has 3 aromatic rings. The summed E-state index contributed by atoms with van der Waals surface area (Å²) in [6, 6.07) is 20.4. The number of rotatable bonds is 6. The molecule has 0 aliphatic carbocycles. The van der Waals surface area contributed by atoms with Gasteiger partial charge in [0.1, 0.15) is 0 Å². The Morgan fingerprint density at radius 2 is 1.73 bits per heavy atom. The molecule has 3 rings (SSSR count). The molecule has 0 heterocycles. The van der Waals surface area contributed by atoms with Crippen LogP contribution in [0.1, 0.15) is 17.0 Å². The largest absolute Gasteiger partial charge is 0.335 e. The summed E-state index contributed by atoms with van der Waals surface area (Å²) in [6.07, 6.45) is 0. The highest BCUT2D eigenvalue weighted by atomic mass is 35.5. The molecule has 0 saturated carbocycles. The first-order valence-electron chi connectivity index (χ1n) is 8.19. The van der Waals surface area contributed by atoms with E-state index < -0.39 is 5.82 Å². The number of halogens is 2. The first-order valence-corrected chi connectivity index (χ1v) is 8.57. The summed E-state index contributed by atoms with van der Waals surface area (Å²) in [7, 11) is 1.32. The van der Waals surface area contributed by atoms with Gasteiger partial charge in [0, 0.05) is 28.6 Å². The first-order chi connectivity index (χ1) is 12.7. The molecule has 0 fully saturated rings. The van der Waals surface area contributed by atoms with Gasteiger partial charge in [-0.05, 0) is 29.3 Å². The SMILES string of the molecule is COOc1cccc(-c2cc(C(CN)c3ccccc3)ccc2Cl)c1F. The van der Waals surface area contributed by atoms with E-state index in [0.717, 1.165) is 11.1 Å². The van der Waals surface area contributed by atoms with Crippen LogP contribution < -0.4 is 10.6 Å². The molecule has 1 unspecified atom stereocenters. The van der Waals surface area contributed by atoms with Crippen LogP contribution in [0.15, 0.2) is 66.7 Å². The Labute approximate surface area is 157 Å². The van der Waals surface area contributed by atoms with Gasteiger partial charge in [-0.15, -0.1) is 0 Å². The van der Waals surface area contributed by atoms with Crippen molar-refractivity contribution < 1.29 is 14.2 Å². The van der Waals surface area contributed by atoms with Crippen LogP contribution in [-0.2, 0) is 4.89 Å². The maximum absolute atomic E-state index is 14.8. The average molecular weight is 372 g/mol. The fourth-order valence-corrected chi connectivity index (χ4v) is 3.21. The molecule has 3 nitrogen and oxygen atoms in total. The molecule has 3 aromatic carbocycles. The van der Waals surface area contributed by atoms with E-state index in [-0.39, 0.29) is 11.7 Å². The van der Waals surface area contributed by atoms with E-state index in [1.807, 2.05) is 42.5 Å². The van der Waals surface area contributed by atoms with Crippen LogP contribution in [-0.4, -0.2) is 13.7 Å². The third-order valence-corrected chi connectivity index (χ3v) is 4.59. The fraction of sp³-hybridized carbons (Fsp3) is 0.143. The molecule has 2 N–H and O–H groups in total. The smallest absolute Gasteiger partial charge is 0.201 e. The lowest BCUT2D eigenvalue weighted by Gasteiger charge is -2.18. The van der Waals surface area contributed by atoms with Gasteiger partial charge in [-0.25, -0.2) is 4.39 Å². The van der Waals surface area contributed by atoms with E-state index in [1.165, 1.54) is 13.2 Å². The Morgan fingerprint density at radius 1 is 0.962 bits per heavy atom. The van der Waals surface area contributed by atoms with Crippen molar-refractivity contribution in [1.82, 2.24) is 0 Å². The highest BCUT2D eigenvalue weighted by Crippen LogP contribution is 2.36. The molecule has 5 heteroatoms. The van der Waals surface area contributed by atoms with Crippen LogP contribution in [0, 0.1) is 5.82 Å². The molecule has 0 bridgehead atoms. The van der Waals surface area contributed by atoms with Crippen molar-refractivity contribution in [3.8, 4) is 16.9 Å². The van der Waals surface area contributed by atoms with Crippen molar-refractivity contribution >= 4 is 11.6 Å². The molecule has 0 spiro atoms. The number of hydrogen-bond acceptors (Lipinski definition) is 3. The Hall–Kier alpha value is -2.40. The second-order valence-corrected chi connectivity index (χ2v) is 6.21. The minimum Gasteiger partial charge on any atom is -0.335 e. The van der Waals surface area contributed by atoms with Crippen LogP contribution in [0.4, 0.5) is 4.39 Å². The van der Waals surface area contributed by atoms with Crippen LogP contribution in [0.2, 0.25) is 5.02 Å². The Kier molecular flexibility index (Phi) is 5.89. The second kappa shape index (κ2) is 8.32. The van der Waals surface area contributed by atoms with Crippen LogP contribution in [0.5, 0.6) is 5.75 Å². The molecule has 0 aromatic heterocycles. The van der Waals surface area contributed by atoms with Gasteiger partial charge >= 0.3 is 0 Å². The Morgan fingerprint density at radius 3 is 2.42 bits per heavy atom. The standard InChI is InChI=1S/C21H19ClFNO2/c1-25-26-20-9-5-8-16(21(20)23)17-12-15(10-11-19(17)22)18(13-24)14-6-3-2-4-7-14/h2-12,18H,13,24H2,1H3. The summed E-state index contributed by atoms with van der Waals surface area (Å²) < 4.78 is 14.8. The first kappa shape index (κ1) is 18.4. The van der Waals surface area contributed by atoms with Gasteiger partial charge in [0.2, 0.25) is 5.75 Å². The number of hydrogen-bond donors (Lipinski definition) is 1. The van der Waals surface area contributed by atoms with E-state index in [0.29, 0.717) is 22.7 Å². The predicted octanol–water partition coefficient (Wildman–Crippen LogP) is 5.18.